The SMILES string of the molecule is COc1cc(CNCC(=O)O)c(Cl)cc1OCc1ccc(Cl)cc1Cl. The Morgan fingerprint density at radius 3 is 2.44 bits per heavy atom. The number of halogens is 3. The Bertz CT molecular complexity index is 768. The Kier molecular flexibility index (Phi) is 7.20. The Hall–Kier alpha value is -1.66. The molecule has 0 aliphatic rings. The van der Waals surface area contributed by atoms with E-state index in [9.17, 15) is 4.79 Å². The second-order valence-corrected chi connectivity index (χ2v) is 6.37. The van der Waals surface area contributed by atoms with Gasteiger partial charge in [0.25, 0.3) is 0 Å². The molecular formula is C17H16Cl3NO4. The standard InChI is InChI=1S/C17H16Cl3NO4/c1-24-15-4-11(7-21-8-17(22)23)14(20)6-16(15)25-9-10-2-3-12(18)5-13(10)19/h2-6,21H,7-9H2,1H3,(H,22,23). The quantitative estimate of drug-likeness (QED) is 0.682. The summed E-state index contributed by atoms with van der Waals surface area (Å²) in [7, 11) is 1.51. The molecule has 0 radical (unpaired) electrons. The molecule has 0 aliphatic heterocycles. The Labute approximate surface area is 160 Å². The van der Waals surface area contributed by atoms with Crippen molar-refractivity contribution < 1.29 is 19.4 Å². The molecule has 0 spiro atoms. The van der Waals surface area contributed by atoms with Gasteiger partial charge in [-0.05, 0) is 23.8 Å². The number of hydrogen-bond acceptors (Lipinski definition) is 4. The van der Waals surface area contributed by atoms with Crippen molar-refractivity contribution in [2.75, 3.05) is 13.7 Å². The normalized spacial score (nSPS) is 10.6. The average molecular weight is 405 g/mol. The summed E-state index contributed by atoms with van der Waals surface area (Å²) >= 11 is 18.2. The van der Waals surface area contributed by atoms with Crippen molar-refractivity contribution in [1.29, 1.82) is 0 Å². The lowest BCUT2D eigenvalue weighted by Gasteiger charge is -2.14. The van der Waals surface area contributed by atoms with Gasteiger partial charge in [-0.2, -0.15) is 0 Å². The van der Waals surface area contributed by atoms with Gasteiger partial charge in [-0.25, -0.2) is 0 Å². The highest BCUT2D eigenvalue weighted by molar-refractivity contribution is 6.35. The van der Waals surface area contributed by atoms with Crippen LogP contribution in [0.2, 0.25) is 15.1 Å². The van der Waals surface area contributed by atoms with E-state index in [2.05, 4.69) is 5.32 Å². The number of carboxylic acid groups (broad SMARTS) is 1. The molecule has 0 aliphatic carbocycles. The van der Waals surface area contributed by atoms with Crippen LogP contribution >= 0.6 is 34.8 Å². The molecule has 0 heterocycles. The minimum Gasteiger partial charge on any atom is -0.493 e. The molecular weight excluding hydrogens is 389 g/mol. The van der Waals surface area contributed by atoms with Crippen LogP contribution in [0.3, 0.4) is 0 Å². The maximum atomic E-state index is 10.6. The largest absolute Gasteiger partial charge is 0.493 e. The number of benzene rings is 2. The van der Waals surface area contributed by atoms with E-state index in [4.69, 9.17) is 49.4 Å². The molecule has 2 N–H and O–H groups in total. The molecule has 0 amide bonds. The van der Waals surface area contributed by atoms with Crippen LogP contribution in [0.5, 0.6) is 11.5 Å². The highest BCUT2D eigenvalue weighted by atomic mass is 35.5. The topological polar surface area (TPSA) is 67.8 Å². The summed E-state index contributed by atoms with van der Waals surface area (Å²) in [5.41, 5.74) is 1.48. The monoisotopic (exact) mass is 403 g/mol. The highest BCUT2D eigenvalue weighted by Crippen LogP contribution is 2.34. The van der Waals surface area contributed by atoms with Gasteiger partial charge in [-0.1, -0.05) is 40.9 Å². The van der Waals surface area contributed by atoms with Crippen molar-refractivity contribution in [3.63, 3.8) is 0 Å². The molecule has 25 heavy (non-hydrogen) atoms. The summed E-state index contributed by atoms with van der Waals surface area (Å²) in [5.74, 6) is 0.00463. The number of hydrogen-bond donors (Lipinski definition) is 2. The lowest BCUT2D eigenvalue weighted by atomic mass is 10.2. The molecule has 0 saturated heterocycles. The number of carbonyl (C=O) groups is 1. The van der Waals surface area contributed by atoms with E-state index in [1.807, 2.05) is 0 Å². The number of methoxy groups -OCH3 is 1. The lowest BCUT2D eigenvalue weighted by Crippen LogP contribution is -2.22. The summed E-state index contributed by atoms with van der Waals surface area (Å²) in [6, 6.07) is 8.48. The molecule has 0 bridgehead atoms. The highest BCUT2D eigenvalue weighted by Gasteiger charge is 2.12. The van der Waals surface area contributed by atoms with Gasteiger partial charge < -0.3 is 19.9 Å². The van der Waals surface area contributed by atoms with E-state index in [0.29, 0.717) is 38.7 Å². The summed E-state index contributed by atoms with van der Waals surface area (Å²) < 4.78 is 11.1. The lowest BCUT2D eigenvalue weighted by molar-refractivity contribution is -0.135. The third kappa shape index (κ3) is 5.68. The maximum Gasteiger partial charge on any atom is 0.317 e. The number of rotatable bonds is 8. The van der Waals surface area contributed by atoms with E-state index >= 15 is 0 Å². The first-order valence-electron chi connectivity index (χ1n) is 7.26. The van der Waals surface area contributed by atoms with Crippen LogP contribution in [-0.4, -0.2) is 24.7 Å². The fraction of sp³-hybridized carbons (Fsp3) is 0.235. The Balaban J connectivity index is 2.12. The zero-order chi connectivity index (χ0) is 18.4. The molecule has 5 nitrogen and oxygen atoms in total. The predicted molar refractivity (Wildman–Crippen MR) is 98.1 cm³/mol. The van der Waals surface area contributed by atoms with Crippen molar-refractivity contribution in [2.24, 2.45) is 0 Å². The fourth-order valence-corrected chi connectivity index (χ4v) is 2.77. The molecule has 0 fully saturated rings. The van der Waals surface area contributed by atoms with Gasteiger partial charge in [0, 0.05) is 33.2 Å². The Morgan fingerprint density at radius 2 is 1.80 bits per heavy atom. The first-order chi connectivity index (χ1) is 11.9. The zero-order valence-corrected chi connectivity index (χ0v) is 15.6. The first-order valence-corrected chi connectivity index (χ1v) is 8.39. The van der Waals surface area contributed by atoms with Crippen molar-refractivity contribution >= 4 is 40.8 Å². The van der Waals surface area contributed by atoms with Crippen molar-refractivity contribution in [3.8, 4) is 11.5 Å². The number of nitrogens with one attached hydrogen (secondary N) is 1. The molecule has 2 aromatic carbocycles. The van der Waals surface area contributed by atoms with Crippen LogP contribution in [0.1, 0.15) is 11.1 Å². The van der Waals surface area contributed by atoms with Gasteiger partial charge in [0.2, 0.25) is 0 Å². The molecule has 134 valence electrons. The molecule has 0 atom stereocenters. The molecule has 2 aromatic rings. The molecule has 0 unspecified atom stereocenters. The predicted octanol–water partition coefficient (Wildman–Crippen LogP) is 4.41. The number of aliphatic carboxylic acids is 1. The first kappa shape index (κ1) is 19.7. The third-order valence-electron chi connectivity index (χ3n) is 3.32. The van der Waals surface area contributed by atoms with E-state index in [0.717, 1.165) is 5.56 Å². The van der Waals surface area contributed by atoms with Crippen LogP contribution in [0.15, 0.2) is 30.3 Å². The second kappa shape index (κ2) is 9.15. The minimum absolute atomic E-state index is 0.161. The molecule has 0 saturated carbocycles. The van der Waals surface area contributed by atoms with Crippen LogP contribution < -0.4 is 14.8 Å². The summed E-state index contributed by atoms with van der Waals surface area (Å²) in [4.78, 5) is 10.6. The summed E-state index contributed by atoms with van der Waals surface area (Å²) in [6.07, 6.45) is 0. The average Bonchev–Trinajstić information content (AvgIpc) is 2.55. The van der Waals surface area contributed by atoms with Crippen LogP contribution in [0, 0.1) is 0 Å². The smallest absolute Gasteiger partial charge is 0.317 e. The fourth-order valence-electron chi connectivity index (χ4n) is 2.08. The van der Waals surface area contributed by atoms with Gasteiger partial charge >= 0.3 is 5.97 Å². The van der Waals surface area contributed by atoms with Crippen LogP contribution in [0.4, 0.5) is 0 Å². The summed E-state index contributed by atoms with van der Waals surface area (Å²) in [6.45, 7) is 0.357. The van der Waals surface area contributed by atoms with Gasteiger partial charge in [0.15, 0.2) is 11.5 Å². The number of carboxylic acids is 1. The van der Waals surface area contributed by atoms with Crippen LogP contribution in [-0.2, 0) is 17.9 Å². The molecule has 2 rings (SSSR count). The van der Waals surface area contributed by atoms with Gasteiger partial charge in [-0.15, -0.1) is 0 Å². The van der Waals surface area contributed by atoms with E-state index in [1.54, 1.807) is 30.3 Å². The molecule has 8 heteroatoms. The van der Waals surface area contributed by atoms with E-state index in [-0.39, 0.29) is 13.2 Å². The minimum atomic E-state index is -0.942. The Morgan fingerprint density at radius 1 is 1.08 bits per heavy atom. The number of ether oxygens (including phenoxy) is 2. The van der Waals surface area contributed by atoms with E-state index < -0.39 is 5.97 Å². The zero-order valence-electron chi connectivity index (χ0n) is 13.3. The van der Waals surface area contributed by atoms with Gasteiger partial charge in [0.1, 0.15) is 6.61 Å². The van der Waals surface area contributed by atoms with E-state index in [1.165, 1.54) is 7.11 Å². The van der Waals surface area contributed by atoms with Crippen LogP contribution in [0.25, 0.3) is 0 Å². The summed E-state index contributed by atoms with van der Waals surface area (Å²) in [5, 5.41) is 12.9. The van der Waals surface area contributed by atoms with Gasteiger partial charge in [0.05, 0.1) is 13.7 Å². The van der Waals surface area contributed by atoms with Gasteiger partial charge in [-0.3, -0.25) is 4.79 Å². The molecule has 0 aromatic heterocycles. The van der Waals surface area contributed by atoms with Crippen molar-refractivity contribution in [2.45, 2.75) is 13.2 Å². The third-order valence-corrected chi connectivity index (χ3v) is 4.26. The second-order valence-electron chi connectivity index (χ2n) is 5.12. The van der Waals surface area contributed by atoms with Crippen molar-refractivity contribution in [1.82, 2.24) is 5.32 Å². The van der Waals surface area contributed by atoms with Crippen molar-refractivity contribution in [3.05, 3.63) is 56.5 Å². The maximum absolute atomic E-state index is 10.6.